The van der Waals surface area contributed by atoms with Gasteiger partial charge >= 0.3 is 0 Å². The van der Waals surface area contributed by atoms with Gasteiger partial charge in [-0.05, 0) is 38.8 Å². The summed E-state index contributed by atoms with van der Waals surface area (Å²) < 4.78 is 7.10. The fourth-order valence-electron chi connectivity index (χ4n) is 2.58. The summed E-state index contributed by atoms with van der Waals surface area (Å²) in [4.78, 5) is 16.5. The summed E-state index contributed by atoms with van der Waals surface area (Å²) in [5.41, 5.74) is 0.974. The van der Waals surface area contributed by atoms with Crippen molar-refractivity contribution in [1.29, 1.82) is 0 Å². The number of nitrogens with zero attached hydrogens (tertiary/aromatic N) is 5. The molecule has 134 valence electrons. The number of amides is 1. The maximum Gasteiger partial charge on any atom is 0.238 e. The molecule has 0 aliphatic heterocycles. The summed E-state index contributed by atoms with van der Waals surface area (Å²) in [7, 11) is 0. The van der Waals surface area contributed by atoms with Gasteiger partial charge in [0.25, 0.3) is 0 Å². The number of carbonyl (C=O) groups is 1. The van der Waals surface area contributed by atoms with Crippen LogP contribution in [0, 0.1) is 6.92 Å². The van der Waals surface area contributed by atoms with Gasteiger partial charge in [-0.1, -0.05) is 16.9 Å². The summed E-state index contributed by atoms with van der Waals surface area (Å²) in [6.07, 6.45) is 5.68. The zero-order chi connectivity index (χ0) is 18.1. The zero-order valence-corrected chi connectivity index (χ0v) is 15.2. The molecular formula is C17H18N6O2S. The van der Waals surface area contributed by atoms with E-state index in [-0.39, 0.29) is 11.2 Å². The lowest BCUT2D eigenvalue weighted by Crippen LogP contribution is -2.23. The zero-order valence-electron chi connectivity index (χ0n) is 14.4. The third-order valence-corrected chi connectivity index (χ3v) is 5.10. The Labute approximate surface area is 154 Å². The third-order valence-electron chi connectivity index (χ3n) is 4.05. The monoisotopic (exact) mass is 370 g/mol. The Kier molecular flexibility index (Phi) is 4.46. The van der Waals surface area contributed by atoms with E-state index in [0.717, 1.165) is 29.4 Å². The van der Waals surface area contributed by atoms with E-state index in [9.17, 15) is 4.79 Å². The predicted octanol–water partition coefficient (Wildman–Crippen LogP) is 3.09. The molecule has 0 radical (unpaired) electrons. The molecule has 8 nitrogen and oxygen atoms in total. The molecule has 0 unspecified atom stereocenters. The van der Waals surface area contributed by atoms with Gasteiger partial charge in [0.05, 0.1) is 5.25 Å². The number of hydrogen-bond donors (Lipinski definition) is 1. The number of hydrogen-bond acceptors (Lipinski definition) is 7. The minimum absolute atomic E-state index is 0.154. The van der Waals surface area contributed by atoms with Crippen LogP contribution < -0.4 is 5.32 Å². The molecule has 1 aliphatic carbocycles. The van der Waals surface area contributed by atoms with E-state index < -0.39 is 0 Å². The van der Waals surface area contributed by atoms with E-state index in [0.29, 0.717) is 17.6 Å². The van der Waals surface area contributed by atoms with E-state index in [4.69, 9.17) is 4.52 Å². The fourth-order valence-corrected chi connectivity index (χ4v) is 3.50. The van der Waals surface area contributed by atoms with Crippen molar-refractivity contribution in [2.45, 2.75) is 43.1 Å². The second kappa shape index (κ2) is 6.91. The Morgan fingerprint density at radius 3 is 2.77 bits per heavy atom. The van der Waals surface area contributed by atoms with Crippen molar-refractivity contribution in [3.05, 3.63) is 36.4 Å². The van der Waals surface area contributed by atoms with E-state index in [1.54, 1.807) is 25.4 Å². The van der Waals surface area contributed by atoms with Crippen LogP contribution in [0.5, 0.6) is 0 Å². The van der Waals surface area contributed by atoms with Crippen molar-refractivity contribution in [1.82, 2.24) is 24.9 Å². The van der Waals surface area contributed by atoms with Gasteiger partial charge in [-0.3, -0.25) is 14.3 Å². The SMILES string of the molecule is Cc1cc(NC(=O)[C@@H](C)Sc2nnc(-c3ccncc3)n2C2CC2)no1. The fraction of sp³-hybridized carbons (Fsp3) is 0.353. The largest absolute Gasteiger partial charge is 0.360 e. The number of nitrogens with one attached hydrogen (secondary N) is 1. The molecule has 1 N–H and O–H groups in total. The Balaban J connectivity index is 1.52. The van der Waals surface area contributed by atoms with Crippen LogP contribution in [0.1, 0.15) is 31.6 Å². The van der Waals surface area contributed by atoms with Crippen molar-refractivity contribution in [3.63, 3.8) is 0 Å². The highest BCUT2D eigenvalue weighted by Crippen LogP contribution is 2.41. The van der Waals surface area contributed by atoms with Crippen LogP contribution >= 0.6 is 11.8 Å². The highest BCUT2D eigenvalue weighted by Gasteiger charge is 2.31. The minimum Gasteiger partial charge on any atom is -0.360 e. The molecule has 3 heterocycles. The first-order valence-corrected chi connectivity index (χ1v) is 9.26. The Morgan fingerprint density at radius 1 is 1.35 bits per heavy atom. The first-order valence-electron chi connectivity index (χ1n) is 8.38. The molecule has 26 heavy (non-hydrogen) atoms. The number of pyridine rings is 1. The summed E-state index contributed by atoms with van der Waals surface area (Å²) >= 11 is 1.39. The highest BCUT2D eigenvalue weighted by atomic mass is 32.2. The number of aromatic nitrogens is 5. The van der Waals surface area contributed by atoms with Crippen molar-refractivity contribution in [2.75, 3.05) is 5.32 Å². The second-order valence-electron chi connectivity index (χ2n) is 6.22. The predicted molar refractivity (Wildman–Crippen MR) is 96.7 cm³/mol. The molecule has 0 aromatic carbocycles. The van der Waals surface area contributed by atoms with Crippen LogP contribution in [-0.2, 0) is 4.79 Å². The summed E-state index contributed by atoms with van der Waals surface area (Å²) in [5.74, 6) is 1.73. The van der Waals surface area contributed by atoms with Crippen molar-refractivity contribution >= 4 is 23.5 Å². The molecule has 1 saturated carbocycles. The molecule has 0 saturated heterocycles. The van der Waals surface area contributed by atoms with Gasteiger partial charge in [-0.25, -0.2) is 0 Å². The molecule has 9 heteroatoms. The van der Waals surface area contributed by atoms with Crippen LogP contribution in [0.3, 0.4) is 0 Å². The van der Waals surface area contributed by atoms with E-state index in [1.165, 1.54) is 11.8 Å². The number of anilines is 1. The Morgan fingerprint density at radius 2 is 2.12 bits per heavy atom. The second-order valence-corrected chi connectivity index (χ2v) is 7.52. The van der Waals surface area contributed by atoms with Gasteiger partial charge in [0, 0.05) is 30.1 Å². The molecule has 1 aliphatic rings. The normalized spacial score (nSPS) is 15.0. The molecule has 1 atom stereocenters. The van der Waals surface area contributed by atoms with Crippen molar-refractivity contribution < 1.29 is 9.32 Å². The number of thioether (sulfide) groups is 1. The molecule has 3 aromatic heterocycles. The van der Waals surface area contributed by atoms with Gasteiger partial charge in [0.1, 0.15) is 5.76 Å². The third kappa shape index (κ3) is 3.48. The van der Waals surface area contributed by atoms with Crippen LogP contribution in [0.2, 0.25) is 0 Å². The molecule has 1 amide bonds. The highest BCUT2D eigenvalue weighted by molar-refractivity contribution is 8.00. The van der Waals surface area contributed by atoms with Gasteiger partial charge < -0.3 is 9.84 Å². The standard InChI is InChI=1S/C17H18N6O2S/c1-10-9-14(22-25-10)19-16(24)11(2)26-17-21-20-15(23(17)13-3-4-13)12-5-7-18-8-6-12/h5-9,11,13H,3-4H2,1-2H3,(H,19,22,24)/t11-/m1/s1. The van der Waals surface area contributed by atoms with Gasteiger partial charge in [0.2, 0.25) is 5.91 Å². The average molecular weight is 370 g/mol. The quantitative estimate of drug-likeness (QED) is 0.666. The first kappa shape index (κ1) is 16.8. The lowest BCUT2D eigenvalue weighted by molar-refractivity contribution is -0.115. The van der Waals surface area contributed by atoms with Crippen LogP contribution in [0.15, 0.2) is 40.3 Å². The molecular weight excluding hydrogens is 352 g/mol. The molecule has 1 fully saturated rings. The summed E-state index contributed by atoms with van der Waals surface area (Å²) in [5, 5.41) is 15.6. The van der Waals surface area contributed by atoms with E-state index in [1.807, 2.05) is 19.1 Å². The van der Waals surface area contributed by atoms with Gasteiger partial charge in [-0.2, -0.15) is 0 Å². The number of aryl methyl sites for hydroxylation is 1. The maximum atomic E-state index is 12.4. The maximum absolute atomic E-state index is 12.4. The summed E-state index contributed by atoms with van der Waals surface area (Å²) in [6.45, 7) is 3.62. The molecule has 4 rings (SSSR count). The first-order chi connectivity index (χ1) is 12.6. The minimum atomic E-state index is -0.348. The Bertz CT molecular complexity index is 918. The lowest BCUT2D eigenvalue weighted by atomic mass is 10.2. The van der Waals surface area contributed by atoms with Gasteiger partial charge in [0.15, 0.2) is 16.8 Å². The number of rotatable bonds is 6. The molecule has 3 aromatic rings. The van der Waals surface area contributed by atoms with Crippen LogP contribution in [-0.4, -0.2) is 36.1 Å². The topological polar surface area (TPSA) is 98.7 Å². The lowest BCUT2D eigenvalue weighted by Gasteiger charge is -2.12. The van der Waals surface area contributed by atoms with E-state index >= 15 is 0 Å². The molecule has 0 bridgehead atoms. The smallest absolute Gasteiger partial charge is 0.238 e. The van der Waals surface area contributed by atoms with Crippen LogP contribution in [0.25, 0.3) is 11.4 Å². The van der Waals surface area contributed by atoms with Crippen molar-refractivity contribution in [3.8, 4) is 11.4 Å². The van der Waals surface area contributed by atoms with E-state index in [2.05, 4.69) is 30.2 Å². The average Bonchev–Trinajstić information content (AvgIpc) is 3.27. The van der Waals surface area contributed by atoms with Crippen LogP contribution in [0.4, 0.5) is 5.82 Å². The Hall–Kier alpha value is -2.68. The van der Waals surface area contributed by atoms with Crippen molar-refractivity contribution in [2.24, 2.45) is 0 Å². The molecule has 0 spiro atoms. The number of carbonyl (C=O) groups excluding carboxylic acids is 1. The van der Waals surface area contributed by atoms with Gasteiger partial charge in [-0.15, -0.1) is 10.2 Å². The summed E-state index contributed by atoms with van der Waals surface area (Å²) in [6, 6.07) is 5.91.